The fourth-order valence-electron chi connectivity index (χ4n) is 0.840. The van der Waals surface area contributed by atoms with Crippen molar-refractivity contribution in [1.29, 1.82) is 0 Å². The molecule has 0 amide bonds. The van der Waals surface area contributed by atoms with E-state index in [0.717, 1.165) is 5.17 Å². The predicted molar refractivity (Wildman–Crippen MR) is 36.6 cm³/mol. The lowest BCUT2D eigenvalue weighted by Gasteiger charge is -1.91. The summed E-state index contributed by atoms with van der Waals surface area (Å²) in [5.41, 5.74) is 0.717. The Morgan fingerprint density at radius 1 is 1.27 bits per heavy atom. The summed E-state index contributed by atoms with van der Waals surface area (Å²) in [6.45, 7) is 0. The lowest BCUT2D eigenvalue weighted by atomic mass is 10.2. The van der Waals surface area contributed by atoms with E-state index < -0.39 is 0 Å². The summed E-state index contributed by atoms with van der Waals surface area (Å²) < 4.78 is 12.4. The van der Waals surface area contributed by atoms with Crippen molar-refractivity contribution in [2.45, 2.75) is 0 Å². The number of hydrogen-bond donors (Lipinski definition) is 1. The molecule has 3 nitrogen and oxygen atoms in total. The van der Waals surface area contributed by atoms with Gasteiger partial charge in [0.25, 0.3) is 0 Å². The minimum absolute atomic E-state index is 0.292. The molecule has 0 spiro atoms. The highest BCUT2D eigenvalue weighted by Crippen LogP contribution is 2.15. The van der Waals surface area contributed by atoms with Gasteiger partial charge in [-0.05, 0) is 24.3 Å². The number of hydrazone groups is 1. The SMILES string of the molecule is ON1N=C1c1ccc(F)cc1. The monoisotopic (exact) mass is 152 g/mol. The van der Waals surface area contributed by atoms with Crippen LogP contribution < -0.4 is 0 Å². The van der Waals surface area contributed by atoms with Crippen LogP contribution in [0.1, 0.15) is 5.56 Å². The molecule has 56 valence electrons. The molecule has 1 aromatic rings. The smallest absolute Gasteiger partial charge is 0.208 e. The second-order valence-corrected chi connectivity index (χ2v) is 2.22. The van der Waals surface area contributed by atoms with Crippen LogP contribution >= 0.6 is 0 Å². The van der Waals surface area contributed by atoms with E-state index in [1.54, 1.807) is 12.1 Å². The molecule has 1 aliphatic rings. The van der Waals surface area contributed by atoms with Gasteiger partial charge in [-0.25, -0.2) is 4.39 Å². The van der Waals surface area contributed by atoms with Crippen LogP contribution in [0, 0.1) is 5.82 Å². The molecule has 2 rings (SSSR count). The molecule has 1 aliphatic heterocycles. The number of amidine groups is 1. The molecule has 11 heavy (non-hydrogen) atoms. The Kier molecular flexibility index (Phi) is 1.16. The molecule has 0 bridgehead atoms. The molecule has 1 N–H and O–H groups in total. The van der Waals surface area contributed by atoms with Gasteiger partial charge in [0.05, 0.1) is 0 Å². The van der Waals surface area contributed by atoms with Crippen molar-refractivity contribution in [2.75, 3.05) is 0 Å². The molecule has 4 heteroatoms. The van der Waals surface area contributed by atoms with Crippen LogP contribution in [-0.4, -0.2) is 16.2 Å². The van der Waals surface area contributed by atoms with Gasteiger partial charge in [0.15, 0.2) is 0 Å². The summed E-state index contributed by atoms with van der Waals surface area (Å²) in [7, 11) is 0. The van der Waals surface area contributed by atoms with Crippen LogP contribution in [0.2, 0.25) is 0 Å². The quantitative estimate of drug-likeness (QED) is 0.656. The average Bonchev–Trinajstić information content (AvgIpc) is 2.69. The van der Waals surface area contributed by atoms with Crippen LogP contribution in [0.3, 0.4) is 0 Å². The summed E-state index contributed by atoms with van der Waals surface area (Å²) in [6, 6.07) is 5.77. The third kappa shape index (κ3) is 1.08. The number of hydrogen-bond acceptors (Lipinski definition) is 3. The maximum Gasteiger partial charge on any atom is 0.208 e. The van der Waals surface area contributed by atoms with Gasteiger partial charge < -0.3 is 0 Å². The zero-order chi connectivity index (χ0) is 7.84. The van der Waals surface area contributed by atoms with E-state index in [0.29, 0.717) is 11.4 Å². The zero-order valence-corrected chi connectivity index (χ0v) is 5.53. The van der Waals surface area contributed by atoms with Gasteiger partial charge in [-0.15, -0.1) is 10.3 Å². The summed E-state index contributed by atoms with van der Waals surface area (Å²) in [5, 5.41) is 13.0. The van der Waals surface area contributed by atoms with Crippen molar-refractivity contribution in [3.8, 4) is 0 Å². The van der Waals surface area contributed by atoms with E-state index in [9.17, 15) is 4.39 Å². The first-order valence-corrected chi connectivity index (χ1v) is 3.11. The molecule has 0 fully saturated rings. The van der Waals surface area contributed by atoms with Gasteiger partial charge >= 0.3 is 0 Å². The van der Waals surface area contributed by atoms with E-state index in [1.807, 2.05) is 0 Å². The Balaban J connectivity index is 2.28. The summed E-state index contributed by atoms with van der Waals surface area (Å²) in [5.74, 6) is 0.185. The van der Waals surface area contributed by atoms with E-state index in [-0.39, 0.29) is 5.82 Å². The summed E-state index contributed by atoms with van der Waals surface area (Å²) >= 11 is 0. The highest BCUT2D eigenvalue weighted by atomic mass is 19.1. The minimum atomic E-state index is -0.292. The molecule has 0 aromatic heterocycles. The molecular weight excluding hydrogens is 147 g/mol. The first-order chi connectivity index (χ1) is 5.27. The van der Waals surface area contributed by atoms with Crippen LogP contribution in [0.5, 0.6) is 0 Å². The van der Waals surface area contributed by atoms with E-state index in [1.165, 1.54) is 12.1 Å². The van der Waals surface area contributed by atoms with Crippen molar-refractivity contribution in [2.24, 2.45) is 5.10 Å². The first kappa shape index (κ1) is 6.30. The third-order valence-corrected chi connectivity index (χ3v) is 1.44. The van der Waals surface area contributed by atoms with Crippen LogP contribution in [0.15, 0.2) is 29.4 Å². The van der Waals surface area contributed by atoms with E-state index in [4.69, 9.17) is 5.21 Å². The van der Waals surface area contributed by atoms with Crippen molar-refractivity contribution < 1.29 is 9.60 Å². The number of benzene rings is 1. The van der Waals surface area contributed by atoms with Gasteiger partial charge in [-0.1, -0.05) is 0 Å². The molecule has 0 radical (unpaired) electrons. The van der Waals surface area contributed by atoms with E-state index >= 15 is 0 Å². The topological polar surface area (TPSA) is 35.6 Å². The maximum absolute atomic E-state index is 12.4. The fraction of sp³-hybridized carbons (Fsp3) is 0. The fourth-order valence-corrected chi connectivity index (χ4v) is 0.840. The maximum atomic E-state index is 12.4. The van der Waals surface area contributed by atoms with Crippen LogP contribution in [0.4, 0.5) is 4.39 Å². The number of rotatable bonds is 1. The Labute approximate surface area is 62.3 Å². The van der Waals surface area contributed by atoms with Gasteiger partial charge in [-0.2, -0.15) is 0 Å². The molecule has 0 unspecified atom stereocenters. The first-order valence-electron chi connectivity index (χ1n) is 3.11. The predicted octanol–water partition coefficient (Wildman–Crippen LogP) is 1.19. The Morgan fingerprint density at radius 2 is 1.82 bits per heavy atom. The standard InChI is InChI=1S/C7H5FN2O/c8-6-3-1-5(2-4-6)7-9-10(7)11/h1-4,11H. The Hall–Kier alpha value is -1.42. The van der Waals surface area contributed by atoms with E-state index in [2.05, 4.69) is 5.10 Å². The third-order valence-electron chi connectivity index (χ3n) is 1.44. The highest BCUT2D eigenvalue weighted by molar-refractivity contribution is 6.04. The average molecular weight is 152 g/mol. The second-order valence-electron chi connectivity index (χ2n) is 2.22. The molecule has 0 atom stereocenters. The van der Waals surface area contributed by atoms with Gasteiger partial charge in [-0.3, -0.25) is 5.21 Å². The van der Waals surface area contributed by atoms with Gasteiger partial charge in [0, 0.05) is 5.56 Å². The molecule has 0 aliphatic carbocycles. The molecule has 0 saturated heterocycles. The minimum Gasteiger partial charge on any atom is -0.266 e. The Bertz CT molecular complexity index is 307. The number of hydroxylamine groups is 1. The molecule has 1 heterocycles. The van der Waals surface area contributed by atoms with Crippen molar-refractivity contribution in [3.63, 3.8) is 0 Å². The summed E-state index contributed by atoms with van der Waals surface area (Å²) in [6.07, 6.45) is 0. The number of halogens is 1. The molecule has 1 aromatic carbocycles. The van der Waals surface area contributed by atoms with Crippen molar-refractivity contribution >= 4 is 5.84 Å². The molecular formula is C7H5FN2O. The number of nitrogens with zero attached hydrogens (tertiary/aromatic N) is 2. The summed E-state index contributed by atoms with van der Waals surface area (Å²) in [4.78, 5) is 0. The zero-order valence-electron chi connectivity index (χ0n) is 5.53. The second kappa shape index (κ2) is 2.03. The normalized spacial score (nSPS) is 14.7. The van der Waals surface area contributed by atoms with Gasteiger partial charge in [0.1, 0.15) is 5.82 Å². The van der Waals surface area contributed by atoms with Crippen LogP contribution in [-0.2, 0) is 0 Å². The van der Waals surface area contributed by atoms with Crippen molar-refractivity contribution in [1.82, 2.24) is 5.17 Å². The van der Waals surface area contributed by atoms with Crippen molar-refractivity contribution in [3.05, 3.63) is 35.6 Å². The lowest BCUT2D eigenvalue weighted by Crippen LogP contribution is -1.99. The molecule has 0 saturated carbocycles. The highest BCUT2D eigenvalue weighted by Gasteiger charge is 2.23. The van der Waals surface area contributed by atoms with Gasteiger partial charge in [0.2, 0.25) is 5.84 Å². The largest absolute Gasteiger partial charge is 0.266 e. The lowest BCUT2D eigenvalue weighted by molar-refractivity contribution is 0.0378. The van der Waals surface area contributed by atoms with Crippen LogP contribution in [0.25, 0.3) is 0 Å². The Morgan fingerprint density at radius 3 is 2.27 bits per heavy atom.